The Morgan fingerprint density at radius 1 is 1.31 bits per heavy atom. The van der Waals surface area contributed by atoms with Crippen LogP contribution in [0.25, 0.3) is 0 Å². The third-order valence-corrected chi connectivity index (χ3v) is 4.63. The van der Waals surface area contributed by atoms with Crippen LogP contribution in [0, 0.1) is 11.7 Å². The summed E-state index contributed by atoms with van der Waals surface area (Å²) in [7, 11) is 0. The molecule has 26 heavy (non-hydrogen) atoms. The molecule has 0 saturated carbocycles. The second-order valence-electron chi connectivity index (χ2n) is 6.52. The zero-order valence-electron chi connectivity index (χ0n) is 14.6. The number of aromatic nitrogens is 2. The normalized spacial score (nSPS) is 17.3. The summed E-state index contributed by atoms with van der Waals surface area (Å²) in [6.45, 7) is 2.04. The molecular weight excluding hydrogens is 335 g/mol. The van der Waals surface area contributed by atoms with Crippen molar-refractivity contribution < 1.29 is 14.0 Å². The molecule has 2 aromatic rings. The van der Waals surface area contributed by atoms with Gasteiger partial charge in [-0.2, -0.15) is 5.10 Å². The third-order valence-electron chi connectivity index (χ3n) is 4.63. The Kier molecular flexibility index (Phi) is 5.99. The summed E-state index contributed by atoms with van der Waals surface area (Å²) in [5.74, 6) is -0.442. The van der Waals surface area contributed by atoms with Crippen LogP contribution < -0.4 is 5.32 Å². The topological polar surface area (TPSA) is 67.2 Å². The molecule has 2 amide bonds. The van der Waals surface area contributed by atoms with Gasteiger partial charge in [-0.1, -0.05) is 12.1 Å². The van der Waals surface area contributed by atoms with E-state index in [2.05, 4.69) is 10.4 Å². The van der Waals surface area contributed by atoms with Gasteiger partial charge in [0.25, 0.3) is 0 Å². The first-order valence-corrected chi connectivity index (χ1v) is 8.89. The number of nitrogens with zero attached hydrogens (tertiary/aromatic N) is 3. The first-order chi connectivity index (χ1) is 12.6. The minimum Gasteiger partial charge on any atom is -0.354 e. The van der Waals surface area contributed by atoms with Crippen LogP contribution in [0.5, 0.6) is 0 Å². The van der Waals surface area contributed by atoms with Crippen molar-refractivity contribution in [1.82, 2.24) is 20.0 Å². The molecule has 2 heterocycles. The molecule has 1 fully saturated rings. The van der Waals surface area contributed by atoms with Crippen molar-refractivity contribution >= 4 is 11.8 Å². The molecule has 3 rings (SSSR count). The van der Waals surface area contributed by atoms with Gasteiger partial charge in [-0.25, -0.2) is 4.39 Å². The van der Waals surface area contributed by atoms with Crippen LogP contribution >= 0.6 is 0 Å². The summed E-state index contributed by atoms with van der Waals surface area (Å²) in [6, 6.07) is 8.23. The maximum absolute atomic E-state index is 13.3. The predicted molar refractivity (Wildman–Crippen MR) is 94.6 cm³/mol. The number of nitrogens with one attached hydrogen (secondary N) is 1. The van der Waals surface area contributed by atoms with E-state index in [9.17, 15) is 14.0 Å². The van der Waals surface area contributed by atoms with Crippen molar-refractivity contribution in [2.45, 2.75) is 25.8 Å². The summed E-state index contributed by atoms with van der Waals surface area (Å²) in [5, 5.41) is 7.01. The maximum Gasteiger partial charge on any atom is 0.224 e. The largest absolute Gasteiger partial charge is 0.354 e. The molecule has 0 unspecified atom stereocenters. The zero-order valence-corrected chi connectivity index (χ0v) is 14.6. The summed E-state index contributed by atoms with van der Waals surface area (Å²) >= 11 is 0. The number of carbonyl (C=O) groups is 2. The molecule has 1 aromatic carbocycles. The Morgan fingerprint density at radius 3 is 2.96 bits per heavy atom. The molecule has 7 heteroatoms. The van der Waals surface area contributed by atoms with Gasteiger partial charge in [-0.3, -0.25) is 14.3 Å². The lowest BCUT2D eigenvalue weighted by Gasteiger charge is -2.32. The molecule has 0 spiro atoms. The maximum atomic E-state index is 13.3. The van der Waals surface area contributed by atoms with Crippen molar-refractivity contribution in [2.75, 3.05) is 19.6 Å². The predicted octanol–water partition coefficient (Wildman–Crippen LogP) is 1.62. The molecule has 6 nitrogen and oxygen atoms in total. The lowest BCUT2D eigenvalue weighted by Crippen LogP contribution is -2.46. The summed E-state index contributed by atoms with van der Waals surface area (Å²) in [6.07, 6.45) is 5.07. The van der Waals surface area contributed by atoms with Gasteiger partial charge in [-0.15, -0.1) is 0 Å². The average molecular weight is 358 g/mol. The van der Waals surface area contributed by atoms with Crippen molar-refractivity contribution in [3.8, 4) is 0 Å². The molecular formula is C19H23FN4O2. The smallest absolute Gasteiger partial charge is 0.224 e. The van der Waals surface area contributed by atoms with Gasteiger partial charge in [0.2, 0.25) is 11.8 Å². The fourth-order valence-corrected chi connectivity index (χ4v) is 3.17. The standard InChI is InChI=1S/C19H23FN4O2/c20-17-4-1-3-15(13-17)7-11-23-14-16(5-6-18(23)25)19(26)21-9-12-24-10-2-8-22-24/h1-4,8,10,13,16H,5-7,9,11-12,14H2,(H,21,26)/t16-/m0/s1. The van der Waals surface area contributed by atoms with Crippen LogP contribution in [0.2, 0.25) is 0 Å². The molecule has 1 aliphatic heterocycles. The van der Waals surface area contributed by atoms with Gasteiger partial charge in [0, 0.05) is 38.4 Å². The number of piperidine rings is 1. The zero-order chi connectivity index (χ0) is 18.4. The number of rotatable bonds is 7. The number of hydrogen-bond acceptors (Lipinski definition) is 3. The summed E-state index contributed by atoms with van der Waals surface area (Å²) in [4.78, 5) is 26.2. The van der Waals surface area contributed by atoms with E-state index in [4.69, 9.17) is 0 Å². The lowest BCUT2D eigenvalue weighted by atomic mass is 9.96. The highest BCUT2D eigenvalue weighted by molar-refractivity contribution is 5.83. The minimum absolute atomic E-state index is 0.0274. The van der Waals surface area contributed by atoms with Crippen molar-refractivity contribution in [3.63, 3.8) is 0 Å². The second kappa shape index (κ2) is 8.60. The number of likely N-dealkylation sites (tertiary alicyclic amines) is 1. The van der Waals surface area contributed by atoms with E-state index in [-0.39, 0.29) is 23.5 Å². The van der Waals surface area contributed by atoms with Gasteiger partial charge >= 0.3 is 0 Å². The molecule has 1 atom stereocenters. The van der Waals surface area contributed by atoms with E-state index in [0.29, 0.717) is 45.4 Å². The van der Waals surface area contributed by atoms with Gasteiger partial charge in [-0.05, 0) is 36.6 Å². The van der Waals surface area contributed by atoms with Gasteiger partial charge in [0.05, 0.1) is 12.5 Å². The first kappa shape index (κ1) is 18.1. The number of amides is 2. The van der Waals surface area contributed by atoms with E-state index < -0.39 is 0 Å². The third kappa shape index (κ3) is 4.91. The van der Waals surface area contributed by atoms with E-state index in [1.54, 1.807) is 21.8 Å². The quantitative estimate of drug-likeness (QED) is 0.818. The van der Waals surface area contributed by atoms with Crippen molar-refractivity contribution in [2.24, 2.45) is 5.92 Å². The molecule has 1 aromatic heterocycles. The van der Waals surface area contributed by atoms with E-state index in [1.165, 1.54) is 12.1 Å². The highest BCUT2D eigenvalue weighted by Gasteiger charge is 2.29. The molecule has 0 radical (unpaired) electrons. The molecule has 138 valence electrons. The van der Waals surface area contributed by atoms with E-state index >= 15 is 0 Å². The van der Waals surface area contributed by atoms with Crippen LogP contribution in [0.4, 0.5) is 4.39 Å². The highest BCUT2D eigenvalue weighted by Crippen LogP contribution is 2.18. The average Bonchev–Trinajstić information content (AvgIpc) is 3.14. The van der Waals surface area contributed by atoms with Crippen LogP contribution in [-0.4, -0.2) is 46.1 Å². The summed E-state index contributed by atoms with van der Waals surface area (Å²) in [5.41, 5.74) is 0.851. The Bertz CT molecular complexity index is 748. The second-order valence-corrected chi connectivity index (χ2v) is 6.52. The van der Waals surface area contributed by atoms with E-state index in [1.807, 2.05) is 18.3 Å². The Hall–Kier alpha value is -2.70. The van der Waals surface area contributed by atoms with Crippen molar-refractivity contribution in [1.29, 1.82) is 0 Å². The van der Waals surface area contributed by atoms with Gasteiger partial charge in [0.1, 0.15) is 5.82 Å². The van der Waals surface area contributed by atoms with Crippen LogP contribution in [0.15, 0.2) is 42.7 Å². The van der Waals surface area contributed by atoms with Gasteiger partial charge < -0.3 is 10.2 Å². The Morgan fingerprint density at radius 2 is 2.19 bits per heavy atom. The molecule has 1 aliphatic rings. The fourth-order valence-electron chi connectivity index (χ4n) is 3.17. The molecule has 1 N–H and O–H groups in total. The number of carbonyl (C=O) groups excluding carboxylic acids is 2. The highest BCUT2D eigenvalue weighted by atomic mass is 19.1. The lowest BCUT2D eigenvalue weighted by molar-refractivity contribution is -0.138. The Labute approximate surface area is 152 Å². The first-order valence-electron chi connectivity index (χ1n) is 8.89. The molecule has 0 aliphatic carbocycles. The van der Waals surface area contributed by atoms with Crippen LogP contribution in [-0.2, 0) is 22.6 Å². The summed E-state index contributed by atoms with van der Waals surface area (Å²) < 4.78 is 15.0. The number of halogens is 1. The SMILES string of the molecule is O=C(NCCn1cccn1)[C@H]1CCC(=O)N(CCc2cccc(F)c2)C1. The van der Waals surface area contributed by atoms with E-state index in [0.717, 1.165) is 5.56 Å². The monoisotopic (exact) mass is 358 g/mol. The van der Waals surface area contributed by atoms with Crippen molar-refractivity contribution in [3.05, 3.63) is 54.1 Å². The van der Waals surface area contributed by atoms with Crippen LogP contribution in [0.3, 0.4) is 0 Å². The molecule has 1 saturated heterocycles. The number of hydrogen-bond donors (Lipinski definition) is 1. The van der Waals surface area contributed by atoms with Crippen LogP contribution in [0.1, 0.15) is 18.4 Å². The van der Waals surface area contributed by atoms with Gasteiger partial charge in [0.15, 0.2) is 0 Å². The fraction of sp³-hybridized carbons (Fsp3) is 0.421. The number of benzene rings is 1. The molecule has 0 bridgehead atoms. The Balaban J connectivity index is 1.47. The minimum atomic E-state index is -0.276.